The molecular formula is C12H13N3S. The van der Waals surface area contributed by atoms with Crippen molar-refractivity contribution in [2.24, 2.45) is 0 Å². The molecule has 0 atom stereocenters. The van der Waals surface area contributed by atoms with Crippen molar-refractivity contribution in [2.45, 2.75) is 25.3 Å². The van der Waals surface area contributed by atoms with E-state index in [9.17, 15) is 0 Å². The number of rotatable bonds is 3. The van der Waals surface area contributed by atoms with Crippen LogP contribution >= 0.6 is 11.5 Å². The Morgan fingerprint density at radius 2 is 2.00 bits per heavy atom. The minimum atomic E-state index is 0.603. The van der Waals surface area contributed by atoms with E-state index in [1.54, 1.807) is 0 Å². The number of benzene rings is 1. The smallest absolute Gasteiger partial charge is 0.168 e. The second-order valence-corrected chi connectivity index (χ2v) is 4.66. The molecule has 1 heterocycles. The van der Waals surface area contributed by atoms with E-state index in [0.29, 0.717) is 6.04 Å². The van der Waals surface area contributed by atoms with Crippen LogP contribution in [-0.4, -0.2) is 15.6 Å². The second-order valence-electron chi connectivity index (χ2n) is 4.05. The van der Waals surface area contributed by atoms with Crippen molar-refractivity contribution in [1.29, 1.82) is 0 Å². The van der Waals surface area contributed by atoms with Gasteiger partial charge in [0, 0.05) is 11.7 Å². The zero-order valence-electron chi connectivity index (χ0n) is 8.91. The summed E-state index contributed by atoms with van der Waals surface area (Å²) in [5.74, 6) is 0.987. The van der Waals surface area contributed by atoms with Gasteiger partial charge in [-0.1, -0.05) is 22.7 Å². The Labute approximate surface area is 98.9 Å². The van der Waals surface area contributed by atoms with Crippen LogP contribution in [0.5, 0.6) is 0 Å². The number of hydrogen-bond acceptors (Lipinski definition) is 4. The molecule has 3 rings (SSSR count). The normalized spacial score (nSPS) is 15.8. The van der Waals surface area contributed by atoms with Crippen molar-refractivity contribution >= 4 is 23.0 Å². The minimum Gasteiger partial charge on any atom is -0.321 e. The molecule has 1 saturated carbocycles. The molecule has 16 heavy (non-hydrogen) atoms. The molecule has 0 N–H and O–H groups in total. The molecule has 0 saturated heterocycles. The van der Waals surface area contributed by atoms with Crippen LogP contribution in [0.25, 0.3) is 0 Å². The van der Waals surface area contributed by atoms with E-state index in [1.165, 1.54) is 36.5 Å². The summed E-state index contributed by atoms with van der Waals surface area (Å²) in [4.78, 5) is 2.31. The van der Waals surface area contributed by atoms with E-state index < -0.39 is 0 Å². The monoisotopic (exact) mass is 231 g/mol. The van der Waals surface area contributed by atoms with E-state index >= 15 is 0 Å². The third kappa shape index (κ3) is 1.69. The van der Waals surface area contributed by atoms with Gasteiger partial charge in [0.05, 0.1) is 5.38 Å². The van der Waals surface area contributed by atoms with E-state index in [0.717, 1.165) is 5.82 Å². The average molecular weight is 231 g/mol. The first kappa shape index (κ1) is 9.78. The van der Waals surface area contributed by atoms with Gasteiger partial charge in [-0.3, -0.25) is 0 Å². The molecule has 0 unspecified atom stereocenters. The van der Waals surface area contributed by atoms with Gasteiger partial charge < -0.3 is 4.90 Å². The fourth-order valence-corrected chi connectivity index (χ4v) is 2.46. The van der Waals surface area contributed by atoms with Crippen molar-refractivity contribution in [3.8, 4) is 0 Å². The van der Waals surface area contributed by atoms with Gasteiger partial charge in [-0.25, -0.2) is 0 Å². The van der Waals surface area contributed by atoms with Gasteiger partial charge in [-0.05, 0) is 42.9 Å². The first-order valence-corrected chi connectivity index (χ1v) is 6.40. The Hall–Kier alpha value is -1.42. The first-order chi connectivity index (χ1) is 7.95. The summed E-state index contributed by atoms with van der Waals surface area (Å²) in [6.45, 7) is 0. The lowest BCUT2D eigenvalue weighted by Crippen LogP contribution is -2.36. The van der Waals surface area contributed by atoms with Crippen LogP contribution in [0.2, 0.25) is 0 Å². The van der Waals surface area contributed by atoms with Crippen LogP contribution in [0.1, 0.15) is 19.3 Å². The maximum Gasteiger partial charge on any atom is 0.168 e. The highest BCUT2D eigenvalue weighted by Gasteiger charge is 2.27. The first-order valence-electron chi connectivity index (χ1n) is 5.56. The Bertz CT molecular complexity index is 437. The number of aromatic nitrogens is 2. The van der Waals surface area contributed by atoms with Crippen LogP contribution in [0.15, 0.2) is 35.7 Å². The lowest BCUT2D eigenvalue weighted by molar-refractivity contribution is 0.409. The topological polar surface area (TPSA) is 29.0 Å². The molecule has 0 radical (unpaired) electrons. The SMILES string of the molecule is c1ccc(N(c2csnn2)C2CCC2)cc1. The Balaban J connectivity index is 1.96. The van der Waals surface area contributed by atoms with Crippen molar-refractivity contribution in [2.75, 3.05) is 4.90 Å². The van der Waals surface area contributed by atoms with Crippen LogP contribution < -0.4 is 4.90 Å². The molecule has 82 valence electrons. The number of para-hydroxylation sites is 1. The molecular weight excluding hydrogens is 218 g/mol. The van der Waals surface area contributed by atoms with Gasteiger partial charge in [0.2, 0.25) is 0 Å². The summed E-state index contributed by atoms with van der Waals surface area (Å²) in [6, 6.07) is 11.1. The maximum absolute atomic E-state index is 4.19. The predicted octanol–water partition coefficient (Wildman–Crippen LogP) is 3.23. The van der Waals surface area contributed by atoms with E-state index in [1.807, 2.05) is 11.4 Å². The molecule has 3 nitrogen and oxygen atoms in total. The Kier molecular flexibility index (Phi) is 2.58. The van der Waals surface area contributed by atoms with Crippen LogP contribution in [-0.2, 0) is 0 Å². The second kappa shape index (κ2) is 4.22. The third-order valence-corrected chi connectivity index (χ3v) is 3.56. The molecule has 0 aliphatic heterocycles. The van der Waals surface area contributed by atoms with Crippen LogP contribution in [0.3, 0.4) is 0 Å². The highest BCUT2D eigenvalue weighted by atomic mass is 32.1. The van der Waals surface area contributed by atoms with E-state index in [-0.39, 0.29) is 0 Å². The van der Waals surface area contributed by atoms with E-state index in [2.05, 4.69) is 38.8 Å². The summed E-state index contributed by atoms with van der Waals surface area (Å²) in [5.41, 5.74) is 1.22. The average Bonchev–Trinajstić information content (AvgIpc) is 2.77. The van der Waals surface area contributed by atoms with Crippen molar-refractivity contribution in [1.82, 2.24) is 9.59 Å². The maximum atomic E-state index is 4.19. The zero-order chi connectivity index (χ0) is 10.8. The minimum absolute atomic E-state index is 0.603. The molecule has 1 aliphatic rings. The molecule has 0 spiro atoms. The standard InChI is InChI=1S/C12H13N3S/c1-2-5-10(6-3-1)15(11-7-4-8-11)12-9-16-14-13-12/h1-3,5-6,9,11H,4,7-8H2. The van der Waals surface area contributed by atoms with Gasteiger partial charge in [-0.2, -0.15) is 0 Å². The fraction of sp³-hybridized carbons (Fsp3) is 0.333. The summed E-state index contributed by atoms with van der Waals surface area (Å²) < 4.78 is 3.96. The van der Waals surface area contributed by atoms with Gasteiger partial charge in [0.1, 0.15) is 0 Å². The number of hydrogen-bond donors (Lipinski definition) is 0. The largest absolute Gasteiger partial charge is 0.321 e. The van der Waals surface area contributed by atoms with E-state index in [4.69, 9.17) is 0 Å². The summed E-state index contributed by atoms with van der Waals surface area (Å²) in [5, 5.41) is 6.21. The highest BCUT2D eigenvalue weighted by molar-refractivity contribution is 7.03. The van der Waals surface area contributed by atoms with Crippen molar-refractivity contribution in [3.05, 3.63) is 35.7 Å². The number of anilines is 2. The van der Waals surface area contributed by atoms with Gasteiger partial charge in [0.25, 0.3) is 0 Å². The highest BCUT2D eigenvalue weighted by Crippen LogP contribution is 2.35. The fourth-order valence-electron chi connectivity index (χ4n) is 2.03. The summed E-state index contributed by atoms with van der Waals surface area (Å²) in [7, 11) is 0. The molecule has 1 aromatic heterocycles. The van der Waals surface area contributed by atoms with Gasteiger partial charge in [-0.15, -0.1) is 5.10 Å². The zero-order valence-corrected chi connectivity index (χ0v) is 9.73. The Morgan fingerprint density at radius 1 is 1.19 bits per heavy atom. The summed E-state index contributed by atoms with van der Waals surface area (Å²) >= 11 is 1.41. The molecule has 1 aromatic carbocycles. The Morgan fingerprint density at radius 3 is 2.56 bits per heavy atom. The molecule has 2 aromatic rings. The predicted molar refractivity (Wildman–Crippen MR) is 66.1 cm³/mol. The quantitative estimate of drug-likeness (QED) is 0.812. The molecule has 1 aliphatic carbocycles. The lowest BCUT2D eigenvalue weighted by Gasteiger charge is -2.37. The molecule has 4 heteroatoms. The molecule has 0 amide bonds. The van der Waals surface area contributed by atoms with Gasteiger partial charge >= 0.3 is 0 Å². The molecule has 1 fully saturated rings. The summed E-state index contributed by atoms with van der Waals surface area (Å²) in [6.07, 6.45) is 3.84. The van der Waals surface area contributed by atoms with Crippen molar-refractivity contribution < 1.29 is 0 Å². The van der Waals surface area contributed by atoms with Crippen LogP contribution in [0.4, 0.5) is 11.5 Å². The lowest BCUT2D eigenvalue weighted by atomic mass is 9.91. The number of nitrogens with zero attached hydrogens (tertiary/aromatic N) is 3. The third-order valence-electron chi connectivity index (χ3n) is 3.07. The van der Waals surface area contributed by atoms with Crippen molar-refractivity contribution in [3.63, 3.8) is 0 Å². The molecule has 0 bridgehead atoms. The van der Waals surface area contributed by atoms with Crippen LogP contribution in [0, 0.1) is 0 Å². The van der Waals surface area contributed by atoms with Gasteiger partial charge in [0.15, 0.2) is 5.82 Å².